The summed E-state index contributed by atoms with van der Waals surface area (Å²) in [5, 5.41) is 19.9. The van der Waals surface area contributed by atoms with E-state index in [9.17, 15) is 33.0 Å². The van der Waals surface area contributed by atoms with Crippen LogP contribution in [0.3, 0.4) is 0 Å². The molecule has 12 heteroatoms. The third kappa shape index (κ3) is 4.76. The molecule has 1 aliphatic heterocycles. The molecule has 1 aliphatic rings. The van der Waals surface area contributed by atoms with Gasteiger partial charge in [0.15, 0.2) is 11.4 Å². The molecule has 9 nitrogen and oxygen atoms in total. The number of fused-ring (bicyclic) bond motifs is 1. The Morgan fingerprint density at radius 3 is 2.47 bits per heavy atom. The van der Waals surface area contributed by atoms with Crippen LogP contribution >= 0.6 is 0 Å². The van der Waals surface area contributed by atoms with E-state index in [2.05, 4.69) is 9.97 Å². The van der Waals surface area contributed by atoms with Gasteiger partial charge >= 0.3 is 18.2 Å². The third-order valence-electron chi connectivity index (χ3n) is 5.47. The van der Waals surface area contributed by atoms with E-state index in [0.29, 0.717) is 0 Å². The van der Waals surface area contributed by atoms with Gasteiger partial charge in [-0.15, -0.1) is 0 Å². The molecule has 1 aromatic heterocycles. The molecular weight excluding hydrogens is 457 g/mol. The number of ether oxygens (including phenoxy) is 1. The number of nitrogens with zero attached hydrogens (tertiary/aromatic N) is 3. The number of nitrogens with two attached hydrogens (primary N) is 1. The van der Waals surface area contributed by atoms with Crippen LogP contribution in [-0.2, 0) is 10.9 Å². The van der Waals surface area contributed by atoms with E-state index in [4.69, 9.17) is 10.5 Å². The number of benzene rings is 1. The summed E-state index contributed by atoms with van der Waals surface area (Å²) in [6.45, 7) is 6.49. The van der Waals surface area contributed by atoms with E-state index in [1.54, 1.807) is 27.7 Å². The molecule has 3 rings (SSSR count). The number of carboxylic acid groups (broad SMARTS) is 1. The first-order chi connectivity index (χ1) is 15.6. The average Bonchev–Trinajstić information content (AvgIpc) is 2.70. The van der Waals surface area contributed by atoms with Crippen LogP contribution in [0.2, 0.25) is 0 Å². The first kappa shape index (κ1) is 25.2. The molecule has 0 saturated heterocycles. The second-order valence-electron chi connectivity index (χ2n) is 9.07. The molecule has 184 valence electrons. The van der Waals surface area contributed by atoms with Gasteiger partial charge < -0.3 is 20.7 Å². The van der Waals surface area contributed by atoms with Crippen LogP contribution in [0.15, 0.2) is 24.4 Å². The van der Waals surface area contributed by atoms with Crippen LogP contribution in [0.1, 0.15) is 73.9 Å². The zero-order valence-corrected chi connectivity index (χ0v) is 19.0. The molecule has 0 bridgehead atoms. The van der Waals surface area contributed by atoms with Gasteiger partial charge in [0.05, 0.1) is 17.4 Å². The van der Waals surface area contributed by atoms with Gasteiger partial charge in [-0.05, 0) is 57.4 Å². The normalized spacial score (nSPS) is 20.6. The molecule has 0 fully saturated rings. The number of halogens is 3. The zero-order valence-electron chi connectivity index (χ0n) is 19.0. The fourth-order valence-corrected chi connectivity index (χ4v) is 3.87. The maximum absolute atomic E-state index is 13.5. The van der Waals surface area contributed by atoms with Crippen molar-refractivity contribution in [1.82, 2.24) is 9.97 Å². The van der Waals surface area contributed by atoms with Crippen LogP contribution in [0, 0.1) is 0 Å². The van der Waals surface area contributed by atoms with E-state index in [0.717, 1.165) is 29.3 Å². The highest BCUT2D eigenvalue weighted by Crippen LogP contribution is 2.47. The molecule has 0 aliphatic carbocycles. The van der Waals surface area contributed by atoms with Crippen molar-refractivity contribution in [3.8, 4) is 5.75 Å². The number of rotatable bonds is 3. The third-order valence-corrected chi connectivity index (χ3v) is 5.47. The second kappa shape index (κ2) is 8.42. The Morgan fingerprint density at radius 2 is 1.94 bits per heavy atom. The Kier molecular flexibility index (Phi) is 6.25. The number of aromatic hydroxyl groups is 1. The van der Waals surface area contributed by atoms with Crippen molar-refractivity contribution in [3.05, 3.63) is 47.0 Å². The average molecular weight is 482 g/mol. The molecule has 0 saturated carbocycles. The number of aromatic nitrogens is 2. The monoisotopic (exact) mass is 482 g/mol. The number of carbonyl (C=O) groups is 2. The van der Waals surface area contributed by atoms with Gasteiger partial charge in [0, 0.05) is 5.92 Å². The van der Waals surface area contributed by atoms with Crippen LogP contribution in [-0.4, -0.2) is 43.5 Å². The molecule has 2 atom stereocenters. The van der Waals surface area contributed by atoms with Crippen LogP contribution in [0.4, 0.5) is 23.7 Å². The Bertz CT molecular complexity index is 1130. The summed E-state index contributed by atoms with van der Waals surface area (Å²) >= 11 is 0. The predicted octanol–water partition coefficient (Wildman–Crippen LogP) is 4.24. The molecule has 2 heterocycles. The highest BCUT2D eigenvalue weighted by Gasteiger charge is 2.46. The minimum atomic E-state index is -4.69. The summed E-state index contributed by atoms with van der Waals surface area (Å²) in [7, 11) is 0. The Hall–Kier alpha value is -3.41. The van der Waals surface area contributed by atoms with Crippen molar-refractivity contribution in [2.45, 2.75) is 63.9 Å². The molecule has 1 aromatic carbocycles. The number of carbonyl (C=O) groups excluding carboxylic acids is 1. The summed E-state index contributed by atoms with van der Waals surface area (Å²) in [4.78, 5) is 33.5. The number of hydrogen-bond donors (Lipinski definition) is 3. The quantitative estimate of drug-likeness (QED) is 0.552. The SMILES string of the molecule is CCC1(N)CC(c2ncc(O)c(C(=O)OC(C)(C)C)n2)c2cc(C(F)(F)F)ccc2N1C(=O)O. The van der Waals surface area contributed by atoms with Crippen LogP contribution in [0.5, 0.6) is 5.75 Å². The van der Waals surface area contributed by atoms with E-state index in [1.807, 2.05) is 0 Å². The molecule has 34 heavy (non-hydrogen) atoms. The van der Waals surface area contributed by atoms with Gasteiger partial charge in [0.25, 0.3) is 0 Å². The number of anilines is 1. The lowest BCUT2D eigenvalue weighted by Gasteiger charge is -2.46. The number of alkyl halides is 3. The van der Waals surface area contributed by atoms with Crippen molar-refractivity contribution in [1.29, 1.82) is 0 Å². The van der Waals surface area contributed by atoms with E-state index in [-0.39, 0.29) is 29.9 Å². The molecule has 1 amide bonds. The number of amides is 1. The standard InChI is InChI=1S/C22H25F3N4O5/c1-5-21(26)9-13(17-27-10-15(30)16(28-17)18(31)34-20(2,3)4)12-8-11(22(23,24)25)6-7-14(12)29(21)19(32)33/h6-8,10,13,30H,5,9,26H2,1-4H3,(H,32,33). The predicted molar refractivity (Wildman–Crippen MR) is 114 cm³/mol. The molecule has 0 spiro atoms. The van der Waals surface area contributed by atoms with Crippen molar-refractivity contribution < 1.29 is 37.7 Å². The van der Waals surface area contributed by atoms with Crippen molar-refractivity contribution in [2.75, 3.05) is 4.90 Å². The Morgan fingerprint density at radius 1 is 1.29 bits per heavy atom. The van der Waals surface area contributed by atoms with Gasteiger partial charge in [0.1, 0.15) is 17.1 Å². The first-order valence-electron chi connectivity index (χ1n) is 10.4. The summed E-state index contributed by atoms with van der Waals surface area (Å²) in [6.07, 6.45) is -5.20. The Balaban J connectivity index is 2.22. The highest BCUT2D eigenvalue weighted by molar-refractivity contribution is 5.91. The van der Waals surface area contributed by atoms with Gasteiger partial charge in [-0.2, -0.15) is 13.2 Å². The van der Waals surface area contributed by atoms with Crippen LogP contribution in [0.25, 0.3) is 0 Å². The smallest absolute Gasteiger partial charge is 0.416 e. The summed E-state index contributed by atoms with van der Waals surface area (Å²) in [6, 6.07) is 2.65. The highest BCUT2D eigenvalue weighted by atomic mass is 19.4. The summed E-state index contributed by atoms with van der Waals surface area (Å²) in [5.41, 5.74) is 2.50. The largest absolute Gasteiger partial charge is 0.504 e. The lowest BCUT2D eigenvalue weighted by Crippen LogP contribution is -2.61. The van der Waals surface area contributed by atoms with Crippen molar-refractivity contribution in [3.63, 3.8) is 0 Å². The molecule has 2 aromatic rings. The zero-order chi connectivity index (χ0) is 25.6. The first-order valence-corrected chi connectivity index (χ1v) is 10.4. The van der Waals surface area contributed by atoms with Crippen molar-refractivity contribution in [2.24, 2.45) is 5.73 Å². The fourth-order valence-electron chi connectivity index (χ4n) is 3.87. The second-order valence-corrected chi connectivity index (χ2v) is 9.07. The van der Waals surface area contributed by atoms with Crippen LogP contribution < -0.4 is 10.6 Å². The maximum atomic E-state index is 13.5. The minimum absolute atomic E-state index is 0.0208. The fraction of sp³-hybridized carbons (Fsp3) is 0.455. The number of hydrogen-bond acceptors (Lipinski definition) is 7. The minimum Gasteiger partial charge on any atom is -0.504 e. The molecule has 2 unspecified atom stereocenters. The summed E-state index contributed by atoms with van der Waals surface area (Å²) < 4.78 is 45.6. The maximum Gasteiger partial charge on any atom is 0.416 e. The Labute approximate surface area is 193 Å². The lowest BCUT2D eigenvalue weighted by molar-refractivity contribution is -0.137. The topological polar surface area (TPSA) is 139 Å². The number of esters is 1. The molecule has 0 radical (unpaired) electrons. The lowest BCUT2D eigenvalue weighted by atomic mass is 9.80. The van der Waals surface area contributed by atoms with Gasteiger partial charge in [0.2, 0.25) is 0 Å². The summed E-state index contributed by atoms with van der Waals surface area (Å²) in [5.74, 6) is -2.62. The van der Waals surface area contributed by atoms with Crippen molar-refractivity contribution >= 4 is 17.7 Å². The van der Waals surface area contributed by atoms with E-state index >= 15 is 0 Å². The molecular formula is C22H25F3N4O5. The van der Waals surface area contributed by atoms with E-state index in [1.165, 1.54) is 0 Å². The van der Waals surface area contributed by atoms with Gasteiger partial charge in [-0.25, -0.2) is 19.6 Å². The van der Waals surface area contributed by atoms with Gasteiger partial charge in [-0.1, -0.05) is 6.92 Å². The van der Waals surface area contributed by atoms with E-state index < -0.39 is 52.4 Å². The van der Waals surface area contributed by atoms with Gasteiger partial charge in [-0.3, -0.25) is 4.90 Å². The molecule has 4 N–H and O–H groups in total.